The van der Waals surface area contributed by atoms with Crippen molar-refractivity contribution < 1.29 is 9.47 Å². The van der Waals surface area contributed by atoms with Crippen LogP contribution in [-0.4, -0.2) is 16.6 Å². The molecule has 0 aliphatic rings. The number of ether oxygens (including phenoxy) is 2. The molecule has 2 aromatic rings. The summed E-state index contributed by atoms with van der Waals surface area (Å²) < 4.78 is 11.4. The summed E-state index contributed by atoms with van der Waals surface area (Å²) in [5, 5.41) is 0. The zero-order valence-electron chi connectivity index (χ0n) is 11.8. The summed E-state index contributed by atoms with van der Waals surface area (Å²) in [6, 6.07) is 9.12. The molecule has 5 nitrogen and oxygen atoms in total. The van der Waals surface area contributed by atoms with E-state index in [4.69, 9.17) is 15.2 Å². The molecule has 0 radical (unpaired) electrons. The first-order valence-electron chi connectivity index (χ1n) is 6.76. The second-order valence-electron chi connectivity index (χ2n) is 4.30. The lowest BCUT2D eigenvalue weighted by Crippen LogP contribution is -2.02. The Hall–Kier alpha value is -2.30. The maximum absolute atomic E-state index is 5.77. The molecule has 0 amide bonds. The van der Waals surface area contributed by atoms with Crippen LogP contribution in [-0.2, 0) is 6.42 Å². The second kappa shape index (κ2) is 6.75. The highest BCUT2D eigenvalue weighted by Crippen LogP contribution is 2.30. The van der Waals surface area contributed by atoms with Crippen molar-refractivity contribution in [3.05, 3.63) is 36.2 Å². The van der Waals surface area contributed by atoms with Gasteiger partial charge in [0.1, 0.15) is 11.6 Å². The lowest BCUT2D eigenvalue weighted by Gasteiger charge is -2.11. The fourth-order valence-corrected chi connectivity index (χ4v) is 1.68. The van der Waals surface area contributed by atoms with Crippen molar-refractivity contribution in [3.8, 4) is 17.4 Å². The van der Waals surface area contributed by atoms with Gasteiger partial charge in [-0.15, -0.1) is 0 Å². The highest BCUT2D eigenvalue weighted by molar-refractivity contribution is 5.43. The predicted octanol–water partition coefficient (Wildman–Crippen LogP) is 3.20. The molecule has 2 N–H and O–H groups in total. The summed E-state index contributed by atoms with van der Waals surface area (Å²) in [4.78, 5) is 8.42. The lowest BCUT2D eigenvalue weighted by atomic mass is 10.3. The van der Waals surface area contributed by atoms with Crippen molar-refractivity contribution in [2.24, 2.45) is 0 Å². The van der Waals surface area contributed by atoms with Gasteiger partial charge in [0.15, 0.2) is 11.5 Å². The number of nitrogens with zero attached hydrogens (tertiary/aromatic N) is 2. The van der Waals surface area contributed by atoms with Crippen LogP contribution in [0.1, 0.15) is 26.1 Å². The van der Waals surface area contributed by atoms with Gasteiger partial charge in [-0.1, -0.05) is 26.0 Å². The SMILES string of the molecule is CCCOc1ccccc1Oc1cc(N)nc(CC)n1. The Balaban J connectivity index is 2.23. The third kappa shape index (κ3) is 3.60. The number of anilines is 1. The van der Waals surface area contributed by atoms with Gasteiger partial charge in [0.25, 0.3) is 0 Å². The first kappa shape index (κ1) is 14.1. The van der Waals surface area contributed by atoms with Gasteiger partial charge in [0.05, 0.1) is 6.61 Å². The summed E-state index contributed by atoms with van der Waals surface area (Å²) in [7, 11) is 0. The largest absolute Gasteiger partial charge is 0.490 e. The van der Waals surface area contributed by atoms with E-state index in [1.807, 2.05) is 31.2 Å². The highest BCUT2D eigenvalue weighted by Gasteiger charge is 2.08. The molecule has 0 fully saturated rings. The number of para-hydroxylation sites is 2. The molecule has 2 rings (SSSR count). The number of nitrogen functional groups attached to an aromatic ring is 1. The average Bonchev–Trinajstić information content (AvgIpc) is 2.45. The lowest BCUT2D eigenvalue weighted by molar-refractivity contribution is 0.300. The van der Waals surface area contributed by atoms with Crippen LogP contribution >= 0.6 is 0 Å². The molecule has 0 unspecified atom stereocenters. The summed E-state index contributed by atoms with van der Waals surface area (Å²) in [5.41, 5.74) is 5.74. The van der Waals surface area contributed by atoms with E-state index in [-0.39, 0.29) is 0 Å². The quantitative estimate of drug-likeness (QED) is 0.875. The van der Waals surface area contributed by atoms with E-state index in [0.717, 1.165) is 6.42 Å². The van der Waals surface area contributed by atoms with E-state index in [1.54, 1.807) is 6.07 Å². The molecule has 20 heavy (non-hydrogen) atoms. The van der Waals surface area contributed by atoms with E-state index in [9.17, 15) is 0 Å². The third-order valence-corrected chi connectivity index (χ3v) is 2.61. The van der Waals surface area contributed by atoms with Gasteiger partial charge in [-0.25, -0.2) is 4.98 Å². The Kier molecular flexibility index (Phi) is 4.76. The van der Waals surface area contributed by atoms with Gasteiger partial charge in [0.2, 0.25) is 5.88 Å². The number of nitrogens with two attached hydrogens (primary N) is 1. The summed E-state index contributed by atoms with van der Waals surface area (Å²) >= 11 is 0. The van der Waals surface area contributed by atoms with Crippen LogP contribution in [0.4, 0.5) is 5.82 Å². The number of rotatable bonds is 6. The minimum absolute atomic E-state index is 0.402. The van der Waals surface area contributed by atoms with Crippen molar-refractivity contribution in [1.82, 2.24) is 9.97 Å². The smallest absolute Gasteiger partial charge is 0.224 e. The Labute approximate surface area is 118 Å². The zero-order chi connectivity index (χ0) is 14.4. The molecule has 1 aromatic heterocycles. The third-order valence-electron chi connectivity index (χ3n) is 2.61. The van der Waals surface area contributed by atoms with Crippen molar-refractivity contribution >= 4 is 5.82 Å². The maximum Gasteiger partial charge on any atom is 0.224 e. The monoisotopic (exact) mass is 273 g/mol. The van der Waals surface area contributed by atoms with E-state index in [1.165, 1.54) is 0 Å². The minimum Gasteiger partial charge on any atom is -0.490 e. The fraction of sp³-hybridized carbons (Fsp3) is 0.333. The molecule has 0 bridgehead atoms. The van der Waals surface area contributed by atoms with Gasteiger partial charge in [-0.05, 0) is 18.6 Å². The van der Waals surface area contributed by atoms with Gasteiger partial charge < -0.3 is 15.2 Å². The normalized spacial score (nSPS) is 10.3. The Bertz CT molecular complexity index is 573. The molecule has 1 heterocycles. The Morgan fingerprint density at radius 3 is 2.55 bits per heavy atom. The molecular formula is C15H19N3O2. The van der Waals surface area contributed by atoms with Crippen molar-refractivity contribution in [2.75, 3.05) is 12.3 Å². The maximum atomic E-state index is 5.77. The summed E-state index contributed by atoms with van der Waals surface area (Å²) in [6.07, 6.45) is 1.64. The summed E-state index contributed by atoms with van der Waals surface area (Å²) in [6.45, 7) is 4.67. The van der Waals surface area contributed by atoms with Gasteiger partial charge in [0, 0.05) is 12.5 Å². The average molecular weight is 273 g/mol. The molecule has 0 saturated heterocycles. The predicted molar refractivity (Wildman–Crippen MR) is 78.1 cm³/mol. The second-order valence-corrected chi connectivity index (χ2v) is 4.30. The zero-order valence-corrected chi connectivity index (χ0v) is 11.8. The number of aryl methyl sites for hydroxylation is 1. The van der Waals surface area contributed by atoms with Crippen LogP contribution in [0.15, 0.2) is 30.3 Å². The topological polar surface area (TPSA) is 70.3 Å². The molecule has 0 saturated carbocycles. The van der Waals surface area contributed by atoms with Crippen LogP contribution in [0.2, 0.25) is 0 Å². The molecule has 0 atom stereocenters. The van der Waals surface area contributed by atoms with Crippen molar-refractivity contribution in [2.45, 2.75) is 26.7 Å². The fourth-order valence-electron chi connectivity index (χ4n) is 1.68. The molecule has 1 aromatic carbocycles. The van der Waals surface area contributed by atoms with Crippen LogP contribution in [0.25, 0.3) is 0 Å². The highest BCUT2D eigenvalue weighted by atomic mass is 16.5. The van der Waals surface area contributed by atoms with Crippen LogP contribution in [0, 0.1) is 0 Å². The van der Waals surface area contributed by atoms with Gasteiger partial charge in [-0.2, -0.15) is 4.98 Å². The van der Waals surface area contributed by atoms with E-state index < -0.39 is 0 Å². The van der Waals surface area contributed by atoms with Gasteiger partial charge in [-0.3, -0.25) is 0 Å². The summed E-state index contributed by atoms with van der Waals surface area (Å²) in [5.74, 6) is 2.82. The van der Waals surface area contributed by atoms with Crippen LogP contribution < -0.4 is 15.2 Å². The van der Waals surface area contributed by atoms with Crippen molar-refractivity contribution in [1.29, 1.82) is 0 Å². The standard InChI is InChI=1S/C15H19N3O2/c1-3-9-19-11-7-5-6-8-12(11)20-15-10-13(16)17-14(4-2)18-15/h5-8,10H,3-4,9H2,1-2H3,(H2,16,17,18). The molecule has 5 heteroatoms. The number of aromatic nitrogens is 2. The minimum atomic E-state index is 0.402. The van der Waals surface area contributed by atoms with E-state index >= 15 is 0 Å². The Morgan fingerprint density at radius 2 is 1.85 bits per heavy atom. The van der Waals surface area contributed by atoms with E-state index in [2.05, 4.69) is 16.9 Å². The Morgan fingerprint density at radius 1 is 1.10 bits per heavy atom. The van der Waals surface area contributed by atoms with Gasteiger partial charge >= 0.3 is 0 Å². The number of benzene rings is 1. The molecule has 0 spiro atoms. The number of hydrogen-bond donors (Lipinski definition) is 1. The first-order chi connectivity index (χ1) is 9.72. The molecular weight excluding hydrogens is 254 g/mol. The van der Waals surface area contributed by atoms with Crippen LogP contribution in [0.5, 0.6) is 17.4 Å². The number of hydrogen-bond acceptors (Lipinski definition) is 5. The first-order valence-corrected chi connectivity index (χ1v) is 6.76. The molecule has 0 aliphatic carbocycles. The molecule has 0 aliphatic heterocycles. The van der Waals surface area contributed by atoms with Crippen LogP contribution in [0.3, 0.4) is 0 Å². The van der Waals surface area contributed by atoms with Crippen molar-refractivity contribution in [3.63, 3.8) is 0 Å². The van der Waals surface area contributed by atoms with E-state index in [0.29, 0.717) is 42.0 Å². The molecule has 106 valence electrons.